The number of rotatable bonds is 6. The van der Waals surface area contributed by atoms with Gasteiger partial charge in [0.25, 0.3) is 11.7 Å². The number of carbonyl (C=O) groups excluding carboxylic acids is 2. The van der Waals surface area contributed by atoms with Crippen LogP contribution in [0.25, 0.3) is 5.76 Å². The zero-order chi connectivity index (χ0) is 24.4. The van der Waals surface area contributed by atoms with Gasteiger partial charge in [-0.1, -0.05) is 24.3 Å². The van der Waals surface area contributed by atoms with E-state index in [1.807, 2.05) is 13.8 Å². The number of aliphatic hydroxyl groups is 1. The molecule has 0 radical (unpaired) electrons. The molecule has 34 heavy (non-hydrogen) atoms. The SMILES string of the molecule is COc1ccccc1C1/C(=C(\O)c2ccc(OC(C)C)cc2)C(=O)C(=O)N1c1cccc(F)c1. The summed E-state index contributed by atoms with van der Waals surface area (Å²) in [4.78, 5) is 27.6. The van der Waals surface area contributed by atoms with Crippen LogP contribution in [0.15, 0.2) is 78.4 Å². The molecule has 3 aromatic carbocycles. The van der Waals surface area contributed by atoms with Crippen LogP contribution in [-0.2, 0) is 9.59 Å². The van der Waals surface area contributed by atoms with Crippen LogP contribution in [0, 0.1) is 5.82 Å². The minimum Gasteiger partial charge on any atom is -0.507 e. The summed E-state index contributed by atoms with van der Waals surface area (Å²) in [5, 5.41) is 11.2. The van der Waals surface area contributed by atoms with E-state index in [4.69, 9.17) is 9.47 Å². The molecule has 0 saturated carbocycles. The van der Waals surface area contributed by atoms with Crippen molar-refractivity contribution in [3.63, 3.8) is 0 Å². The summed E-state index contributed by atoms with van der Waals surface area (Å²) in [5.41, 5.74) is 0.900. The number of ketones is 1. The maximum absolute atomic E-state index is 14.0. The van der Waals surface area contributed by atoms with Crippen molar-refractivity contribution in [1.82, 2.24) is 0 Å². The van der Waals surface area contributed by atoms with Gasteiger partial charge >= 0.3 is 0 Å². The molecule has 0 aliphatic carbocycles. The summed E-state index contributed by atoms with van der Waals surface area (Å²) in [7, 11) is 1.47. The van der Waals surface area contributed by atoms with Crippen LogP contribution < -0.4 is 14.4 Å². The second kappa shape index (κ2) is 9.39. The first-order chi connectivity index (χ1) is 16.3. The molecule has 1 aliphatic rings. The maximum Gasteiger partial charge on any atom is 0.300 e. The van der Waals surface area contributed by atoms with Crippen molar-refractivity contribution in [2.75, 3.05) is 12.0 Å². The number of aliphatic hydroxyl groups excluding tert-OH is 1. The average Bonchev–Trinajstić information content (AvgIpc) is 3.09. The Morgan fingerprint density at radius 1 is 1.00 bits per heavy atom. The second-order valence-electron chi connectivity index (χ2n) is 8.08. The van der Waals surface area contributed by atoms with E-state index in [2.05, 4.69) is 0 Å². The topological polar surface area (TPSA) is 76.1 Å². The number of halogens is 1. The van der Waals surface area contributed by atoms with E-state index >= 15 is 0 Å². The fourth-order valence-corrected chi connectivity index (χ4v) is 4.03. The molecule has 1 unspecified atom stereocenters. The maximum atomic E-state index is 14.0. The van der Waals surface area contributed by atoms with Gasteiger partial charge < -0.3 is 14.6 Å². The molecular weight excluding hydrogens is 437 g/mol. The van der Waals surface area contributed by atoms with Crippen LogP contribution in [0.3, 0.4) is 0 Å². The lowest BCUT2D eigenvalue weighted by Gasteiger charge is -2.26. The normalized spacial score (nSPS) is 17.3. The molecule has 0 bridgehead atoms. The van der Waals surface area contributed by atoms with Gasteiger partial charge in [0.05, 0.1) is 24.8 Å². The van der Waals surface area contributed by atoms with E-state index in [0.29, 0.717) is 22.6 Å². The first kappa shape index (κ1) is 23.0. The van der Waals surface area contributed by atoms with Gasteiger partial charge in [-0.3, -0.25) is 14.5 Å². The highest BCUT2D eigenvalue weighted by molar-refractivity contribution is 6.51. The lowest BCUT2D eigenvalue weighted by atomic mass is 9.94. The number of ether oxygens (including phenoxy) is 2. The third-order valence-electron chi connectivity index (χ3n) is 5.46. The van der Waals surface area contributed by atoms with Gasteiger partial charge in [-0.25, -0.2) is 4.39 Å². The number of hydrogen-bond acceptors (Lipinski definition) is 5. The van der Waals surface area contributed by atoms with Crippen molar-refractivity contribution in [1.29, 1.82) is 0 Å². The molecule has 6 nitrogen and oxygen atoms in total. The van der Waals surface area contributed by atoms with Gasteiger partial charge in [-0.15, -0.1) is 0 Å². The lowest BCUT2D eigenvalue weighted by molar-refractivity contribution is -0.132. The van der Waals surface area contributed by atoms with Crippen molar-refractivity contribution in [2.24, 2.45) is 0 Å². The number of amides is 1. The van der Waals surface area contributed by atoms with Crippen molar-refractivity contribution in [2.45, 2.75) is 26.0 Å². The average molecular weight is 461 g/mol. The first-order valence-corrected chi connectivity index (χ1v) is 10.8. The van der Waals surface area contributed by atoms with Crippen LogP contribution >= 0.6 is 0 Å². The number of carbonyl (C=O) groups is 2. The minimum absolute atomic E-state index is 0.0263. The van der Waals surface area contributed by atoms with Crippen molar-refractivity contribution in [3.05, 3.63) is 95.3 Å². The highest BCUT2D eigenvalue weighted by Crippen LogP contribution is 2.45. The monoisotopic (exact) mass is 461 g/mol. The number of Topliss-reactive ketones (excluding diaryl/α,β-unsaturated/α-hetero) is 1. The van der Waals surface area contributed by atoms with Crippen LogP contribution in [-0.4, -0.2) is 30.0 Å². The molecule has 1 amide bonds. The molecule has 1 heterocycles. The molecule has 0 aromatic heterocycles. The van der Waals surface area contributed by atoms with Gasteiger partial charge in [0, 0.05) is 16.8 Å². The summed E-state index contributed by atoms with van der Waals surface area (Å²) >= 11 is 0. The smallest absolute Gasteiger partial charge is 0.300 e. The minimum atomic E-state index is -1.02. The van der Waals surface area contributed by atoms with Crippen LogP contribution in [0.5, 0.6) is 11.5 Å². The third-order valence-corrected chi connectivity index (χ3v) is 5.46. The summed E-state index contributed by atoms with van der Waals surface area (Å²) in [6.07, 6.45) is -0.0263. The molecule has 1 atom stereocenters. The van der Waals surface area contributed by atoms with Crippen LogP contribution in [0.4, 0.5) is 10.1 Å². The van der Waals surface area contributed by atoms with Crippen molar-refractivity contribution >= 4 is 23.1 Å². The Balaban J connectivity index is 1.91. The van der Waals surface area contributed by atoms with E-state index in [0.717, 1.165) is 0 Å². The van der Waals surface area contributed by atoms with E-state index in [1.54, 1.807) is 48.5 Å². The second-order valence-corrected chi connectivity index (χ2v) is 8.08. The quantitative estimate of drug-likeness (QED) is 0.308. The summed E-state index contributed by atoms with van der Waals surface area (Å²) in [6.45, 7) is 3.80. The third kappa shape index (κ3) is 4.24. The number of nitrogens with zero attached hydrogens (tertiary/aromatic N) is 1. The lowest BCUT2D eigenvalue weighted by Crippen LogP contribution is -2.29. The van der Waals surface area contributed by atoms with E-state index in [1.165, 1.54) is 36.3 Å². The van der Waals surface area contributed by atoms with Crippen LogP contribution in [0.2, 0.25) is 0 Å². The first-order valence-electron chi connectivity index (χ1n) is 10.8. The highest BCUT2D eigenvalue weighted by Gasteiger charge is 2.48. The molecule has 1 aliphatic heterocycles. The van der Waals surface area contributed by atoms with Gasteiger partial charge in [0.15, 0.2) is 0 Å². The molecule has 1 saturated heterocycles. The zero-order valence-electron chi connectivity index (χ0n) is 19.0. The molecule has 0 spiro atoms. The summed E-state index contributed by atoms with van der Waals surface area (Å²) < 4.78 is 25.2. The summed E-state index contributed by atoms with van der Waals surface area (Å²) in [6, 6.07) is 17.9. The van der Waals surface area contributed by atoms with Crippen LogP contribution in [0.1, 0.15) is 31.0 Å². The Hall–Kier alpha value is -4.13. The standard InChI is InChI=1S/C27H24FNO5/c1-16(2)34-20-13-11-17(12-14-20)25(30)23-24(21-9-4-5-10-22(21)33-3)29(27(32)26(23)31)19-8-6-7-18(28)15-19/h4-16,24,30H,1-3H3/b25-23+. The largest absolute Gasteiger partial charge is 0.507 e. The fraction of sp³-hybridized carbons (Fsp3) is 0.185. The molecule has 4 rings (SSSR count). The number of methoxy groups -OCH3 is 1. The predicted molar refractivity (Wildman–Crippen MR) is 126 cm³/mol. The predicted octanol–water partition coefficient (Wildman–Crippen LogP) is 5.25. The molecule has 174 valence electrons. The number of hydrogen-bond donors (Lipinski definition) is 1. The van der Waals surface area contributed by atoms with E-state index in [-0.39, 0.29) is 23.1 Å². The Morgan fingerprint density at radius 2 is 1.71 bits per heavy atom. The van der Waals surface area contributed by atoms with Crippen molar-refractivity contribution in [3.8, 4) is 11.5 Å². The Bertz CT molecular complexity index is 1270. The molecular formula is C27H24FNO5. The van der Waals surface area contributed by atoms with Crippen molar-refractivity contribution < 1.29 is 28.6 Å². The van der Waals surface area contributed by atoms with Gasteiger partial charge in [-0.05, 0) is 62.4 Å². The molecule has 7 heteroatoms. The van der Waals surface area contributed by atoms with Gasteiger partial charge in [-0.2, -0.15) is 0 Å². The Labute approximate surface area is 196 Å². The van der Waals surface area contributed by atoms with E-state index in [9.17, 15) is 19.1 Å². The Morgan fingerprint density at radius 3 is 2.35 bits per heavy atom. The number of para-hydroxylation sites is 1. The Kier molecular flexibility index (Phi) is 6.36. The number of benzene rings is 3. The molecule has 1 fully saturated rings. The fourth-order valence-electron chi connectivity index (χ4n) is 4.03. The molecule has 3 aromatic rings. The van der Waals surface area contributed by atoms with Gasteiger partial charge in [0.2, 0.25) is 0 Å². The molecule has 1 N–H and O–H groups in total. The number of anilines is 1. The van der Waals surface area contributed by atoms with E-state index < -0.39 is 23.5 Å². The summed E-state index contributed by atoms with van der Waals surface area (Å²) in [5.74, 6) is -1.62. The van der Waals surface area contributed by atoms with Gasteiger partial charge in [0.1, 0.15) is 23.1 Å². The highest BCUT2D eigenvalue weighted by atomic mass is 19.1. The zero-order valence-corrected chi connectivity index (χ0v) is 19.0.